The van der Waals surface area contributed by atoms with Gasteiger partial charge in [0.25, 0.3) is 0 Å². The molecule has 3 aromatic rings. The maximum absolute atomic E-state index is 14.2. The highest BCUT2D eigenvalue weighted by atomic mass is 16.5. The van der Waals surface area contributed by atoms with Crippen LogP contribution < -0.4 is 5.11 Å². The lowest BCUT2D eigenvalue weighted by molar-refractivity contribution is -0.269. The van der Waals surface area contributed by atoms with Crippen molar-refractivity contribution in [3.8, 4) is 39.9 Å². The number of ether oxygens (including phenoxy) is 2. The van der Waals surface area contributed by atoms with Gasteiger partial charge < -0.3 is 45.2 Å². The molecule has 0 radical (unpaired) electrons. The minimum absolute atomic E-state index is 0.0313. The number of aromatic hydroxyl groups is 4. The van der Waals surface area contributed by atoms with E-state index in [2.05, 4.69) is 0 Å². The Hall–Kier alpha value is -4.16. The van der Waals surface area contributed by atoms with Crippen molar-refractivity contribution in [2.75, 3.05) is 0 Å². The molecule has 11 nitrogen and oxygen atoms in total. The van der Waals surface area contributed by atoms with Crippen molar-refractivity contribution < 1.29 is 54.8 Å². The van der Waals surface area contributed by atoms with Gasteiger partial charge in [0.15, 0.2) is 11.6 Å². The second kappa shape index (κ2) is 8.92. The quantitative estimate of drug-likeness (QED) is 0.255. The van der Waals surface area contributed by atoms with Crippen LogP contribution in [0.4, 0.5) is 0 Å². The molecule has 3 aliphatic rings. The van der Waals surface area contributed by atoms with Crippen LogP contribution >= 0.6 is 0 Å². The fourth-order valence-electron chi connectivity index (χ4n) is 6.54. The second-order valence-electron chi connectivity index (χ2n) is 10.8. The Morgan fingerprint density at radius 1 is 0.659 bits per heavy atom. The average molecular weight is 564 g/mol. The summed E-state index contributed by atoms with van der Waals surface area (Å²) in [5.74, 6) is -4.82. The fourth-order valence-corrected chi connectivity index (χ4v) is 6.54. The van der Waals surface area contributed by atoms with Crippen LogP contribution in [0.1, 0.15) is 71.7 Å². The molecule has 2 heterocycles. The average Bonchev–Trinajstić information content (AvgIpc) is 2.87. The highest BCUT2D eigenvalue weighted by Gasteiger charge is 2.47. The van der Waals surface area contributed by atoms with E-state index in [9.17, 15) is 45.3 Å². The molecule has 0 fully saturated rings. The molecule has 2 aliphatic heterocycles. The van der Waals surface area contributed by atoms with Gasteiger partial charge in [-0.25, -0.2) is 0 Å². The molecule has 0 aromatic heterocycles. The van der Waals surface area contributed by atoms with Gasteiger partial charge in [-0.05, 0) is 50.3 Å². The number of aliphatic hydroxyl groups is 2. The molecule has 214 valence electrons. The Morgan fingerprint density at radius 2 is 1.24 bits per heavy atom. The Labute approximate surface area is 233 Å². The van der Waals surface area contributed by atoms with Crippen LogP contribution in [-0.4, -0.2) is 66.6 Å². The van der Waals surface area contributed by atoms with Crippen LogP contribution in [0.5, 0.6) is 28.7 Å². The maximum atomic E-state index is 14.2. The van der Waals surface area contributed by atoms with Crippen molar-refractivity contribution in [3.63, 3.8) is 0 Å². The number of phenols is 4. The van der Waals surface area contributed by atoms with Gasteiger partial charge in [0.1, 0.15) is 35.2 Å². The van der Waals surface area contributed by atoms with E-state index >= 15 is 0 Å². The third kappa shape index (κ3) is 3.53. The maximum Gasteiger partial charge on any atom is 0.196 e. The number of aliphatic hydroxyl groups excluding tert-OH is 2. The normalized spacial score (nSPS) is 27.6. The third-order valence-electron chi connectivity index (χ3n) is 8.30. The van der Waals surface area contributed by atoms with Crippen LogP contribution in [0.15, 0.2) is 29.3 Å². The molecule has 3 aromatic carbocycles. The summed E-state index contributed by atoms with van der Waals surface area (Å²) < 4.78 is 11.4. The SMILES string of the molecule is CC1OC(C)C(O)C2=C1C(=O)c1c(O)cc(O)c(-c3c4c(c([O-])c5c(O)cc(O)cc35)C(C)OC(C)C4O)c1C2=O. The highest BCUT2D eigenvalue weighted by molar-refractivity contribution is 6.32. The largest absolute Gasteiger partial charge is 0.872 e. The van der Waals surface area contributed by atoms with Crippen LogP contribution in [0.2, 0.25) is 0 Å². The van der Waals surface area contributed by atoms with E-state index in [4.69, 9.17) is 9.47 Å². The van der Waals surface area contributed by atoms with Crippen molar-refractivity contribution in [1.82, 2.24) is 0 Å². The summed E-state index contributed by atoms with van der Waals surface area (Å²) in [5.41, 5.74) is -1.83. The molecule has 0 bridgehead atoms. The van der Waals surface area contributed by atoms with Crippen LogP contribution in [-0.2, 0) is 9.47 Å². The number of carbonyl (C=O) groups is 2. The fraction of sp³-hybridized carbons (Fsp3) is 0.333. The van der Waals surface area contributed by atoms with E-state index in [1.165, 1.54) is 13.8 Å². The number of ketones is 2. The molecule has 6 rings (SSSR count). The van der Waals surface area contributed by atoms with Crippen LogP contribution in [0.3, 0.4) is 0 Å². The monoisotopic (exact) mass is 563 g/mol. The van der Waals surface area contributed by atoms with Crippen molar-refractivity contribution in [1.29, 1.82) is 0 Å². The molecular formula is C30H27O11-. The lowest BCUT2D eigenvalue weighted by atomic mass is 9.73. The van der Waals surface area contributed by atoms with Crippen molar-refractivity contribution in [2.24, 2.45) is 0 Å². The summed E-state index contributed by atoms with van der Waals surface area (Å²) in [4.78, 5) is 28.0. The first-order valence-corrected chi connectivity index (χ1v) is 13.1. The van der Waals surface area contributed by atoms with Crippen molar-refractivity contribution >= 4 is 22.3 Å². The summed E-state index contributed by atoms with van der Waals surface area (Å²) in [5, 5.41) is 78.9. The Balaban J connectivity index is 1.82. The van der Waals surface area contributed by atoms with E-state index in [-0.39, 0.29) is 44.2 Å². The molecule has 1 aliphatic carbocycles. The van der Waals surface area contributed by atoms with Crippen LogP contribution in [0, 0.1) is 0 Å². The van der Waals surface area contributed by atoms with Gasteiger partial charge in [-0.1, -0.05) is 5.75 Å². The summed E-state index contributed by atoms with van der Waals surface area (Å²) in [6.07, 6.45) is -6.50. The van der Waals surface area contributed by atoms with Gasteiger partial charge in [-0.3, -0.25) is 9.59 Å². The van der Waals surface area contributed by atoms with Crippen LogP contribution in [0.25, 0.3) is 21.9 Å². The van der Waals surface area contributed by atoms with Gasteiger partial charge in [0, 0.05) is 45.4 Å². The number of hydrogen-bond acceptors (Lipinski definition) is 11. The van der Waals surface area contributed by atoms with E-state index in [1.807, 2.05) is 0 Å². The molecule has 0 saturated heterocycles. The molecule has 41 heavy (non-hydrogen) atoms. The van der Waals surface area contributed by atoms with Gasteiger partial charge in [0.2, 0.25) is 0 Å². The molecular weight excluding hydrogens is 536 g/mol. The first kappa shape index (κ1) is 27.0. The van der Waals surface area contributed by atoms with Gasteiger partial charge >= 0.3 is 0 Å². The number of phenolic OH excluding ortho intramolecular Hbond substituents is 4. The number of hydrogen-bond donors (Lipinski definition) is 6. The van der Waals surface area contributed by atoms with Crippen molar-refractivity contribution in [3.05, 3.63) is 51.6 Å². The van der Waals surface area contributed by atoms with Gasteiger partial charge in [-0.2, -0.15) is 0 Å². The number of fused-ring (bicyclic) bond motifs is 3. The molecule has 6 N–H and O–H groups in total. The highest BCUT2D eigenvalue weighted by Crippen LogP contribution is 2.56. The first-order chi connectivity index (χ1) is 19.3. The minimum Gasteiger partial charge on any atom is -0.872 e. The first-order valence-electron chi connectivity index (χ1n) is 13.1. The Morgan fingerprint density at radius 3 is 1.93 bits per heavy atom. The molecule has 0 spiro atoms. The lowest BCUT2D eigenvalue weighted by Crippen LogP contribution is -2.45. The standard InChI is InChI=1S/C30H28O11/c1-8-17-23(26(35)10(3)40-8)20(13-5-12(31)6-14(32)19(13)28(17)37)21-15(33)7-16(34)22-24(21)30(39)25-18(29(22)38)9(2)41-11(4)27(25)36/h5-11,26-27,31-37H,1-4H3/p-1. The zero-order valence-corrected chi connectivity index (χ0v) is 22.4. The molecule has 0 amide bonds. The number of rotatable bonds is 1. The summed E-state index contributed by atoms with van der Waals surface area (Å²) in [7, 11) is 0. The molecule has 11 heteroatoms. The molecule has 6 unspecified atom stereocenters. The molecule has 6 atom stereocenters. The second-order valence-corrected chi connectivity index (χ2v) is 10.8. The van der Waals surface area contributed by atoms with E-state index < -0.39 is 88.1 Å². The Kier molecular flexibility index (Phi) is 5.88. The lowest BCUT2D eigenvalue weighted by Gasteiger charge is -2.39. The molecule has 0 saturated carbocycles. The predicted molar refractivity (Wildman–Crippen MR) is 141 cm³/mol. The van der Waals surface area contributed by atoms with Crippen molar-refractivity contribution in [2.45, 2.75) is 64.3 Å². The number of benzene rings is 3. The number of carbonyl (C=O) groups excluding carboxylic acids is 2. The van der Waals surface area contributed by atoms with Gasteiger partial charge in [-0.15, -0.1) is 0 Å². The van der Waals surface area contributed by atoms with E-state index in [0.717, 1.165) is 18.2 Å². The minimum atomic E-state index is -1.51. The number of Topliss-reactive ketones (excluding diaryl/α,β-unsaturated/α-hetero) is 2. The predicted octanol–water partition coefficient (Wildman–Crippen LogP) is 2.76. The van der Waals surface area contributed by atoms with E-state index in [0.29, 0.717) is 0 Å². The third-order valence-corrected chi connectivity index (χ3v) is 8.30. The zero-order chi connectivity index (χ0) is 29.8. The summed E-state index contributed by atoms with van der Waals surface area (Å²) in [6, 6.07) is 2.95. The summed E-state index contributed by atoms with van der Waals surface area (Å²) in [6.45, 7) is 6.19. The van der Waals surface area contributed by atoms with Gasteiger partial charge in [0.05, 0.1) is 30.0 Å². The van der Waals surface area contributed by atoms with E-state index in [1.54, 1.807) is 13.8 Å². The summed E-state index contributed by atoms with van der Waals surface area (Å²) >= 11 is 0. The smallest absolute Gasteiger partial charge is 0.196 e. The Bertz CT molecular complexity index is 1740. The topological polar surface area (TPSA) is 197 Å². The zero-order valence-electron chi connectivity index (χ0n) is 22.4.